The van der Waals surface area contributed by atoms with Crippen molar-refractivity contribution in [3.8, 4) is 0 Å². The third-order valence-corrected chi connectivity index (χ3v) is 3.22. The van der Waals surface area contributed by atoms with Gasteiger partial charge in [-0.2, -0.15) is 0 Å². The molecule has 1 aromatic carbocycles. The first kappa shape index (κ1) is 14.0. The topological polar surface area (TPSA) is 21.3 Å². The lowest BCUT2D eigenvalue weighted by Crippen LogP contribution is -2.34. The van der Waals surface area contributed by atoms with E-state index in [0.717, 1.165) is 37.6 Å². The summed E-state index contributed by atoms with van der Waals surface area (Å²) in [5, 5.41) is 3.35. The molecule has 0 radical (unpaired) electrons. The lowest BCUT2D eigenvalue weighted by atomic mass is 9.95. The van der Waals surface area contributed by atoms with E-state index in [4.69, 9.17) is 4.74 Å². The summed E-state index contributed by atoms with van der Waals surface area (Å²) in [6.07, 6.45) is 4.31. The summed E-state index contributed by atoms with van der Waals surface area (Å²) in [5.41, 5.74) is 1.83. The number of ether oxygens (including phenoxy) is 1. The van der Waals surface area contributed by atoms with Crippen LogP contribution in [-0.2, 0) is 11.2 Å². The predicted octanol–water partition coefficient (Wildman–Crippen LogP) is 3.18. The fourth-order valence-electron chi connectivity index (χ4n) is 2.39. The molecular formula is C15H19F2NO. The Morgan fingerprint density at radius 2 is 2.00 bits per heavy atom. The Kier molecular flexibility index (Phi) is 4.91. The van der Waals surface area contributed by atoms with Crippen molar-refractivity contribution in [2.75, 3.05) is 13.2 Å². The van der Waals surface area contributed by atoms with Crippen molar-refractivity contribution in [2.24, 2.45) is 0 Å². The summed E-state index contributed by atoms with van der Waals surface area (Å²) < 4.78 is 31.8. The van der Waals surface area contributed by atoms with Crippen LogP contribution in [0.15, 0.2) is 30.0 Å². The van der Waals surface area contributed by atoms with Gasteiger partial charge in [0.25, 0.3) is 0 Å². The summed E-state index contributed by atoms with van der Waals surface area (Å²) >= 11 is 0. The number of hydrogen-bond acceptors (Lipinski definition) is 2. The summed E-state index contributed by atoms with van der Waals surface area (Å²) in [6, 6.07) is 3.75. The molecule has 1 aromatic rings. The van der Waals surface area contributed by atoms with Gasteiger partial charge in [0.1, 0.15) is 11.6 Å². The van der Waals surface area contributed by atoms with Crippen LogP contribution in [0, 0.1) is 11.6 Å². The zero-order valence-corrected chi connectivity index (χ0v) is 11.1. The van der Waals surface area contributed by atoms with E-state index in [2.05, 4.69) is 5.32 Å². The van der Waals surface area contributed by atoms with Gasteiger partial charge in [0.2, 0.25) is 0 Å². The quantitative estimate of drug-likeness (QED) is 0.884. The predicted molar refractivity (Wildman–Crippen MR) is 70.8 cm³/mol. The van der Waals surface area contributed by atoms with Gasteiger partial charge in [-0.15, -0.1) is 0 Å². The molecule has 0 bridgehead atoms. The summed E-state index contributed by atoms with van der Waals surface area (Å²) in [5.74, 6) is -1.06. The van der Waals surface area contributed by atoms with Gasteiger partial charge in [0, 0.05) is 12.1 Å². The Balaban J connectivity index is 2.13. The van der Waals surface area contributed by atoms with Crippen LogP contribution in [0.25, 0.3) is 0 Å². The fraction of sp³-hybridized carbons (Fsp3) is 0.467. The molecule has 2 rings (SSSR count). The van der Waals surface area contributed by atoms with Crippen molar-refractivity contribution in [1.82, 2.24) is 5.32 Å². The van der Waals surface area contributed by atoms with Crippen LogP contribution in [0.2, 0.25) is 0 Å². The highest BCUT2D eigenvalue weighted by Crippen LogP contribution is 2.20. The lowest BCUT2D eigenvalue weighted by molar-refractivity contribution is 0.219. The minimum Gasteiger partial charge on any atom is -0.501 e. The van der Waals surface area contributed by atoms with Crippen molar-refractivity contribution in [1.29, 1.82) is 0 Å². The molecule has 1 N–H and O–H groups in total. The molecule has 1 heterocycles. The maximum atomic E-state index is 13.2. The van der Waals surface area contributed by atoms with E-state index >= 15 is 0 Å². The number of benzene rings is 1. The highest BCUT2D eigenvalue weighted by Gasteiger charge is 2.17. The summed E-state index contributed by atoms with van der Waals surface area (Å²) in [6.45, 7) is 3.57. The van der Waals surface area contributed by atoms with Crippen molar-refractivity contribution < 1.29 is 13.5 Å². The smallest absolute Gasteiger partial charge is 0.126 e. The van der Waals surface area contributed by atoms with Crippen LogP contribution in [0.4, 0.5) is 8.78 Å². The fourth-order valence-corrected chi connectivity index (χ4v) is 2.39. The summed E-state index contributed by atoms with van der Waals surface area (Å²) in [4.78, 5) is 0. The van der Waals surface area contributed by atoms with Crippen molar-refractivity contribution in [2.45, 2.75) is 32.2 Å². The maximum absolute atomic E-state index is 13.2. The molecule has 4 heteroatoms. The molecule has 2 nitrogen and oxygen atoms in total. The minimum atomic E-state index is -0.529. The van der Waals surface area contributed by atoms with Gasteiger partial charge in [-0.05, 0) is 49.1 Å². The third kappa shape index (κ3) is 4.03. The Morgan fingerprint density at radius 3 is 2.58 bits per heavy atom. The Morgan fingerprint density at radius 1 is 1.26 bits per heavy atom. The van der Waals surface area contributed by atoms with Crippen LogP contribution in [0.5, 0.6) is 0 Å². The maximum Gasteiger partial charge on any atom is 0.126 e. The Hall–Kier alpha value is -1.42. The van der Waals surface area contributed by atoms with Gasteiger partial charge in [-0.25, -0.2) is 8.78 Å². The van der Waals surface area contributed by atoms with E-state index in [0.29, 0.717) is 12.0 Å². The Labute approximate surface area is 112 Å². The monoisotopic (exact) mass is 267 g/mol. The van der Waals surface area contributed by atoms with Crippen LogP contribution < -0.4 is 5.32 Å². The van der Waals surface area contributed by atoms with Gasteiger partial charge >= 0.3 is 0 Å². The minimum absolute atomic E-state index is 0.0755. The molecule has 0 amide bonds. The molecule has 1 atom stereocenters. The first-order valence-corrected chi connectivity index (χ1v) is 6.68. The molecule has 0 aliphatic carbocycles. The van der Waals surface area contributed by atoms with E-state index in [1.807, 2.05) is 6.92 Å². The van der Waals surface area contributed by atoms with Gasteiger partial charge < -0.3 is 10.1 Å². The molecule has 0 spiro atoms. The van der Waals surface area contributed by atoms with Gasteiger partial charge in [0.05, 0.1) is 12.9 Å². The van der Waals surface area contributed by atoms with Crippen LogP contribution >= 0.6 is 0 Å². The molecule has 1 unspecified atom stereocenters. The lowest BCUT2D eigenvalue weighted by Gasteiger charge is -2.24. The van der Waals surface area contributed by atoms with Crippen LogP contribution in [0.1, 0.15) is 25.3 Å². The van der Waals surface area contributed by atoms with Crippen LogP contribution in [-0.4, -0.2) is 19.2 Å². The molecular weight excluding hydrogens is 248 g/mol. The molecule has 0 fully saturated rings. The van der Waals surface area contributed by atoms with Gasteiger partial charge in [-0.3, -0.25) is 0 Å². The third-order valence-electron chi connectivity index (χ3n) is 3.22. The van der Waals surface area contributed by atoms with E-state index in [1.165, 1.54) is 12.1 Å². The summed E-state index contributed by atoms with van der Waals surface area (Å²) in [7, 11) is 0. The first-order valence-electron chi connectivity index (χ1n) is 6.68. The normalized spacial score (nSPS) is 16.7. The number of rotatable bonds is 5. The molecule has 19 heavy (non-hydrogen) atoms. The Bertz CT molecular complexity index is 439. The van der Waals surface area contributed by atoms with E-state index < -0.39 is 11.6 Å². The van der Waals surface area contributed by atoms with Gasteiger partial charge in [-0.1, -0.05) is 6.92 Å². The standard InChI is InChI=1S/C15H19F2NO/c1-2-18-15(12-4-3-5-19-10-12)8-11-6-13(16)9-14(17)7-11/h6-7,9-10,15,18H,2-5,8H2,1H3. The average molecular weight is 267 g/mol. The van der Waals surface area contributed by atoms with E-state index in [9.17, 15) is 8.78 Å². The second kappa shape index (κ2) is 6.66. The largest absolute Gasteiger partial charge is 0.501 e. The number of hydrogen-bond donors (Lipinski definition) is 1. The molecule has 0 saturated carbocycles. The zero-order valence-electron chi connectivity index (χ0n) is 11.1. The number of likely N-dealkylation sites (N-methyl/N-ethyl adjacent to an activating group) is 1. The van der Waals surface area contributed by atoms with Gasteiger partial charge in [0.15, 0.2) is 0 Å². The molecule has 1 aliphatic rings. The average Bonchev–Trinajstić information content (AvgIpc) is 2.38. The highest BCUT2D eigenvalue weighted by molar-refractivity contribution is 5.22. The van der Waals surface area contributed by atoms with Crippen molar-refractivity contribution >= 4 is 0 Å². The zero-order chi connectivity index (χ0) is 13.7. The van der Waals surface area contributed by atoms with E-state index in [1.54, 1.807) is 6.26 Å². The van der Waals surface area contributed by atoms with Crippen molar-refractivity contribution in [3.63, 3.8) is 0 Å². The molecule has 0 saturated heterocycles. The highest BCUT2D eigenvalue weighted by atomic mass is 19.1. The number of halogens is 2. The molecule has 104 valence electrons. The molecule has 0 aromatic heterocycles. The molecule has 1 aliphatic heterocycles. The van der Waals surface area contributed by atoms with Crippen molar-refractivity contribution in [3.05, 3.63) is 47.2 Å². The second-order valence-corrected chi connectivity index (χ2v) is 4.76. The SMILES string of the molecule is CCNC(Cc1cc(F)cc(F)c1)C1=COCCC1. The first-order chi connectivity index (χ1) is 9.19. The number of nitrogens with one attached hydrogen (secondary N) is 1. The second-order valence-electron chi connectivity index (χ2n) is 4.76. The van der Waals surface area contributed by atoms with Crippen LogP contribution in [0.3, 0.4) is 0 Å². The van der Waals surface area contributed by atoms with E-state index in [-0.39, 0.29) is 6.04 Å².